The van der Waals surface area contributed by atoms with Crippen LogP contribution in [0.5, 0.6) is 0 Å². The van der Waals surface area contributed by atoms with Crippen LogP contribution in [0.25, 0.3) is 0 Å². The highest BCUT2D eigenvalue weighted by Crippen LogP contribution is 2.24. The lowest BCUT2D eigenvalue weighted by molar-refractivity contribution is -0.142. The first-order valence-corrected chi connectivity index (χ1v) is 4.87. The minimum atomic E-state index is -0.737. The predicted molar refractivity (Wildman–Crippen MR) is 50.6 cm³/mol. The molecule has 0 aliphatic rings. The number of hydrogen-bond donors (Lipinski definition) is 1. The largest absolute Gasteiger partial charge is 0.469 e. The van der Waals surface area contributed by atoms with E-state index < -0.39 is 12.1 Å². The molecule has 3 nitrogen and oxygen atoms in total. The fraction of sp³-hybridized carbons (Fsp3) is 0.444. The van der Waals surface area contributed by atoms with Gasteiger partial charge in [0.1, 0.15) is 0 Å². The molecule has 0 saturated heterocycles. The fourth-order valence-corrected chi connectivity index (χ4v) is 1.96. The third-order valence-electron chi connectivity index (χ3n) is 1.84. The van der Waals surface area contributed by atoms with Crippen LogP contribution in [-0.4, -0.2) is 18.2 Å². The number of esters is 1. The van der Waals surface area contributed by atoms with Gasteiger partial charge in [-0.05, 0) is 28.8 Å². The summed E-state index contributed by atoms with van der Waals surface area (Å²) in [6.07, 6.45) is -0.715. The topological polar surface area (TPSA) is 46.5 Å². The van der Waals surface area contributed by atoms with Crippen LogP contribution >= 0.6 is 11.3 Å². The molecule has 4 heteroatoms. The van der Waals surface area contributed by atoms with E-state index in [-0.39, 0.29) is 6.42 Å². The van der Waals surface area contributed by atoms with Crippen LogP contribution in [0.3, 0.4) is 0 Å². The highest BCUT2D eigenvalue weighted by Gasteiger charge is 2.15. The van der Waals surface area contributed by atoms with E-state index in [1.807, 2.05) is 17.7 Å². The Bertz CT molecular complexity index is 293. The zero-order valence-electron chi connectivity index (χ0n) is 7.61. The van der Waals surface area contributed by atoms with E-state index in [0.29, 0.717) is 0 Å². The highest BCUT2D eigenvalue weighted by atomic mass is 32.1. The summed E-state index contributed by atoms with van der Waals surface area (Å²) in [6.45, 7) is 1.91. The minimum Gasteiger partial charge on any atom is -0.469 e. The smallest absolute Gasteiger partial charge is 0.308 e. The van der Waals surface area contributed by atoms with Crippen LogP contribution in [0.4, 0.5) is 0 Å². The quantitative estimate of drug-likeness (QED) is 0.755. The summed E-state index contributed by atoms with van der Waals surface area (Å²) in [5, 5.41) is 13.4. The summed E-state index contributed by atoms with van der Waals surface area (Å²) in [6, 6.07) is 0. The lowest BCUT2D eigenvalue weighted by atomic mass is 10.1. The van der Waals surface area contributed by atoms with Crippen molar-refractivity contribution in [1.82, 2.24) is 0 Å². The molecular formula is C9H12O3S. The van der Waals surface area contributed by atoms with E-state index in [1.165, 1.54) is 18.4 Å². The van der Waals surface area contributed by atoms with Gasteiger partial charge in [-0.3, -0.25) is 4.79 Å². The lowest BCUT2D eigenvalue weighted by Crippen LogP contribution is -2.08. The average molecular weight is 200 g/mol. The maximum absolute atomic E-state index is 10.8. The second-order valence-corrected chi connectivity index (χ2v) is 3.55. The molecule has 1 N–H and O–H groups in total. The van der Waals surface area contributed by atoms with Crippen molar-refractivity contribution in [2.75, 3.05) is 7.11 Å². The lowest BCUT2D eigenvalue weighted by Gasteiger charge is -2.08. The molecule has 0 spiro atoms. The van der Waals surface area contributed by atoms with Crippen molar-refractivity contribution in [3.63, 3.8) is 0 Å². The highest BCUT2D eigenvalue weighted by molar-refractivity contribution is 7.08. The van der Waals surface area contributed by atoms with E-state index in [1.54, 1.807) is 0 Å². The monoisotopic (exact) mass is 200 g/mol. The number of hydrogen-bond acceptors (Lipinski definition) is 4. The van der Waals surface area contributed by atoms with Crippen molar-refractivity contribution in [2.45, 2.75) is 19.4 Å². The third-order valence-corrected chi connectivity index (χ3v) is 2.72. The molecule has 0 amide bonds. The molecule has 1 rings (SSSR count). The van der Waals surface area contributed by atoms with Crippen LogP contribution in [-0.2, 0) is 9.53 Å². The summed E-state index contributed by atoms with van der Waals surface area (Å²) in [5.41, 5.74) is 1.83. The van der Waals surface area contributed by atoms with Crippen LogP contribution in [0.1, 0.15) is 23.7 Å². The molecule has 1 unspecified atom stereocenters. The minimum absolute atomic E-state index is 0.0219. The number of thiophene rings is 1. The van der Waals surface area contributed by atoms with Gasteiger partial charge in [0.25, 0.3) is 0 Å². The number of aliphatic hydroxyl groups is 1. The molecule has 0 aliphatic heterocycles. The predicted octanol–water partition coefficient (Wildman–Crippen LogP) is 1.65. The number of methoxy groups -OCH3 is 1. The third kappa shape index (κ3) is 2.54. The van der Waals surface area contributed by atoms with Gasteiger partial charge in [-0.2, -0.15) is 11.3 Å². The van der Waals surface area contributed by atoms with E-state index in [2.05, 4.69) is 4.74 Å². The van der Waals surface area contributed by atoms with Gasteiger partial charge < -0.3 is 9.84 Å². The number of ether oxygens (including phenoxy) is 1. The molecule has 0 aromatic carbocycles. The number of aryl methyl sites for hydroxylation is 1. The first-order valence-electron chi connectivity index (χ1n) is 3.92. The molecule has 0 fully saturated rings. The van der Waals surface area contributed by atoms with Crippen molar-refractivity contribution in [3.05, 3.63) is 21.9 Å². The van der Waals surface area contributed by atoms with Crippen molar-refractivity contribution in [2.24, 2.45) is 0 Å². The normalized spacial score (nSPS) is 12.5. The first kappa shape index (κ1) is 10.2. The summed E-state index contributed by atoms with van der Waals surface area (Å²) >= 11 is 1.52. The van der Waals surface area contributed by atoms with Gasteiger partial charge >= 0.3 is 5.97 Å². The Balaban J connectivity index is 2.63. The Morgan fingerprint density at radius 2 is 2.38 bits per heavy atom. The molecule has 1 atom stereocenters. The fourth-order valence-electron chi connectivity index (χ4n) is 1.06. The summed E-state index contributed by atoms with van der Waals surface area (Å²) in [4.78, 5) is 10.8. The zero-order chi connectivity index (χ0) is 9.84. The summed E-state index contributed by atoms with van der Waals surface area (Å²) in [7, 11) is 1.32. The van der Waals surface area contributed by atoms with Crippen LogP contribution in [0.2, 0.25) is 0 Å². The van der Waals surface area contributed by atoms with E-state index >= 15 is 0 Å². The van der Waals surface area contributed by atoms with Gasteiger partial charge in [0.15, 0.2) is 0 Å². The molecule has 0 aliphatic carbocycles. The molecule has 1 heterocycles. The summed E-state index contributed by atoms with van der Waals surface area (Å²) in [5.74, 6) is -0.391. The van der Waals surface area contributed by atoms with Gasteiger partial charge in [0.2, 0.25) is 0 Å². The van der Waals surface area contributed by atoms with E-state index in [0.717, 1.165) is 11.1 Å². The van der Waals surface area contributed by atoms with Crippen molar-refractivity contribution < 1.29 is 14.6 Å². The molecule has 13 heavy (non-hydrogen) atoms. The maximum Gasteiger partial charge on any atom is 0.308 e. The number of carbonyl (C=O) groups is 1. The Morgan fingerprint density at radius 1 is 1.69 bits per heavy atom. The van der Waals surface area contributed by atoms with E-state index in [9.17, 15) is 9.90 Å². The second kappa shape index (κ2) is 4.39. The Kier molecular flexibility index (Phi) is 3.45. The first-order chi connectivity index (χ1) is 6.15. The molecule has 0 radical (unpaired) electrons. The molecule has 1 aromatic rings. The van der Waals surface area contributed by atoms with Gasteiger partial charge in [-0.25, -0.2) is 0 Å². The Morgan fingerprint density at radius 3 is 2.85 bits per heavy atom. The standard InChI is InChI=1S/C9H12O3S/c1-6-4-13-5-7(6)8(10)3-9(11)12-2/h4-5,8,10H,3H2,1-2H3. The van der Waals surface area contributed by atoms with Crippen molar-refractivity contribution >= 4 is 17.3 Å². The van der Waals surface area contributed by atoms with Gasteiger partial charge in [0, 0.05) is 0 Å². The molecule has 0 saturated carbocycles. The molecular weight excluding hydrogens is 188 g/mol. The van der Waals surface area contributed by atoms with E-state index in [4.69, 9.17) is 0 Å². The summed E-state index contributed by atoms with van der Waals surface area (Å²) < 4.78 is 4.46. The van der Waals surface area contributed by atoms with Gasteiger partial charge in [-0.1, -0.05) is 0 Å². The van der Waals surface area contributed by atoms with Crippen molar-refractivity contribution in [1.29, 1.82) is 0 Å². The van der Waals surface area contributed by atoms with Crippen LogP contribution in [0.15, 0.2) is 10.8 Å². The molecule has 0 bridgehead atoms. The zero-order valence-corrected chi connectivity index (χ0v) is 8.43. The molecule has 72 valence electrons. The second-order valence-electron chi connectivity index (χ2n) is 2.81. The van der Waals surface area contributed by atoms with Crippen LogP contribution < -0.4 is 0 Å². The SMILES string of the molecule is COC(=O)CC(O)c1cscc1C. The average Bonchev–Trinajstić information content (AvgIpc) is 2.51. The Labute approximate surface area is 81.0 Å². The number of aliphatic hydroxyl groups excluding tert-OH is 1. The number of rotatable bonds is 3. The van der Waals surface area contributed by atoms with Gasteiger partial charge in [0.05, 0.1) is 19.6 Å². The van der Waals surface area contributed by atoms with Gasteiger partial charge in [-0.15, -0.1) is 0 Å². The number of carbonyl (C=O) groups excluding carboxylic acids is 1. The molecule has 1 aromatic heterocycles. The Hall–Kier alpha value is -0.870. The van der Waals surface area contributed by atoms with Crippen molar-refractivity contribution in [3.8, 4) is 0 Å². The maximum atomic E-state index is 10.8. The van der Waals surface area contributed by atoms with Crippen LogP contribution in [0, 0.1) is 6.92 Å².